The van der Waals surface area contributed by atoms with Crippen molar-refractivity contribution in [2.75, 3.05) is 12.4 Å². The van der Waals surface area contributed by atoms with Crippen LogP contribution in [0.2, 0.25) is 0 Å². The third kappa shape index (κ3) is 2.74. The van der Waals surface area contributed by atoms with E-state index in [9.17, 15) is 4.39 Å². The molecule has 0 aliphatic heterocycles. The average Bonchev–Trinajstić information content (AvgIpc) is 2.09. The molecule has 66 valence electrons. The van der Waals surface area contributed by atoms with Crippen molar-refractivity contribution in [2.45, 2.75) is 6.42 Å². The molecule has 12 heavy (non-hydrogen) atoms. The highest BCUT2D eigenvalue weighted by Crippen LogP contribution is 2.15. The van der Waals surface area contributed by atoms with Gasteiger partial charge in [-0.2, -0.15) is 12.6 Å². The van der Waals surface area contributed by atoms with Gasteiger partial charge in [-0.25, -0.2) is 4.39 Å². The number of hydrogen-bond donors (Lipinski definition) is 1. The minimum atomic E-state index is -0.309. The Morgan fingerprint density at radius 1 is 1.33 bits per heavy atom. The third-order valence-electron chi connectivity index (χ3n) is 1.40. The van der Waals surface area contributed by atoms with Crippen molar-refractivity contribution in [1.82, 2.24) is 0 Å². The Labute approximate surface area is 77.0 Å². The van der Waals surface area contributed by atoms with Crippen molar-refractivity contribution < 1.29 is 9.13 Å². The summed E-state index contributed by atoms with van der Waals surface area (Å²) in [5, 5.41) is 0. The predicted molar refractivity (Wildman–Crippen MR) is 50.4 cm³/mol. The maximum absolute atomic E-state index is 12.9. The summed E-state index contributed by atoms with van der Waals surface area (Å²) in [6, 6.07) is 6.39. The van der Waals surface area contributed by atoms with Gasteiger partial charge in [0.2, 0.25) is 0 Å². The van der Waals surface area contributed by atoms with E-state index < -0.39 is 0 Å². The van der Waals surface area contributed by atoms with Gasteiger partial charge in [-0.05, 0) is 24.3 Å². The lowest BCUT2D eigenvalue weighted by molar-refractivity contribution is 0.302. The van der Waals surface area contributed by atoms with E-state index in [-0.39, 0.29) is 5.82 Å². The van der Waals surface area contributed by atoms with E-state index in [0.717, 1.165) is 12.2 Å². The van der Waals surface area contributed by atoms with E-state index in [1.54, 1.807) is 18.2 Å². The molecular formula is C9H11FOS. The molecule has 1 aromatic rings. The molecule has 0 fully saturated rings. The molecule has 0 aliphatic carbocycles. The Morgan fingerprint density at radius 3 is 2.75 bits per heavy atom. The second kappa shape index (κ2) is 5.04. The highest BCUT2D eigenvalue weighted by molar-refractivity contribution is 7.80. The Hall–Kier alpha value is -0.700. The van der Waals surface area contributed by atoms with Gasteiger partial charge in [0.05, 0.1) is 6.61 Å². The van der Waals surface area contributed by atoms with Gasteiger partial charge >= 0.3 is 0 Å². The first-order chi connectivity index (χ1) is 5.84. The summed E-state index contributed by atoms with van der Waals surface area (Å²) in [7, 11) is 0. The van der Waals surface area contributed by atoms with Crippen LogP contribution >= 0.6 is 12.6 Å². The fourth-order valence-electron chi connectivity index (χ4n) is 0.808. The van der Waals surface area contributed by atoms with Crippen LogP contribution in [0.1, 0.15) is 6.42 Å². The van der Waals surface area contributed by atoms with E-state index in [2.05, 4.69) is 12.6 Å². The molecule has 0 amide bonds. The average molecular weight is 186 g/mol. The fraction of sp³-hybridized carbons (Fsp3) is 0.333. The van der Waals surface area contributed by atoms with Crippen LogP contribution in [-0.4, -0.2) is 12.4 Å². The Kier molecular flexibility index (Phi) is 3.94. The van der Waals surface area contributed by atoms with Crippen molar-refractivity contribution in [3.05, 3.63) is 30.1 Å². The summed E-state index contributed by atoms with van der Waals surface area (Å²) in [5.74, 6) is 0.769. The van der Waals surface area contributed by atoms with Gasteiger partial charge in [0, 0.05) is 0 Å². The van der Waals surface area contributed by atoms with E-state index in [1.807, 2.05) is 0 Å². The second-order valence-electron chi connectivity index (χ2n) is 2.36. The topological polar surface area (TPSA) is 9.23 Å². The van der Waals surface area contributed by atoms with Gasteiger partial charge < -0.3 is 4.74 Å². The van der Waals surface area contributed by atoms with Gasteiger partial charge in [0.1, 0.15) is 0 Å². The second-order valence-corrected chi connectivity index (χ2v) is 2.80. The first-order valence-corrected chi connectivity index (χ1v) is 4.46. The molecule has 0 aromatic heterocycles. The monoisotopic (exact) mass is 186 g/mol. The van der Waals surface area contributed by atoms with Crippen LogP contribution in [0.5, 0.6) is 5.75 Å². The number of ether oxygens (including phenoxy) is 1. The molecule has 0 N–H and O–H groups in total. The van der Waals surface area contributed by atoms with Crippen molar-refractivity contribution in [1.29, 1.82) is 0 Å². The fourth-order valence-corrected chi connectivity index (χ4v) is 0.938. The summed E-state index contributed by atoms with van der Waals surface area (Å²) in [4.78, 5) is 0. The largest absolute Gasteiger partial charge is 0.490 e. The van der Waals surface area contributed by atoms with Gasteiger partial charge in [-0.3, -0.25) is 0 Å². The molecule has 0 saturated carbocycles. The molecule has 3 heteroatoms. The molecule has 1 nitrogen and oxygen atoms in total. The molecule has 1 aromatic carbocycles. The summed E-state index contributed by atoms with van der Waals surface area (Å²) < 4.78 is 18.0. The maximum atomic E-state index is 12.9. The zero-order valence-corrected chi connectivity index (χ0v) is 7.56. The van der Waals surface area contributed by atoms with E-state index in [1.165, 1.54) is 6.07 Å². The van der Waals surface area contributed by atoms with Gasteiger partial charge in [-0.1, -0.05) is 12.1 Å². The third-order valence-corrected chi connectivity index (χ3v) is 1.71. The molecule has 0 heterocycles. The molecule has 0 saturated heterocycles. The van der Waals surface area contributed by atoms with E-state index >= 15 is 0 Å². The first kappa shape index (κ1) is 9.39. The number of halogens is 1. The van der Waals surface area contributed by atoms with Crippen LogP contribution in [0.15, 0.2) is 24.3 Å². The van der Waals surface area contributed by atoms with Crippen molar-refractivity contribution in [3.8, 4) is 5.75 Å². The van der Waals surface area contributed by atoms with E-state index in [0.29, 0.717) is 12.4 Å². The lowest BCUT2D eigenvalue weighted by Crippen LogP contribution is -1.99. The first-order valence-electron chi connectivity index (χ1n) is 3.83. The highest BCUT2D eigenvalue weighted by Gasteiger charge is 1.99. The predicted octanol–water partition coefficient (Wildman–Crippen LogP) is 2.52. The highest BCUT2D eigenvalue weighted by atomic mass is 32.1. The lowest BCUT2D eigenvalue weighted by atomic mass is 10.3. The van der Waals surface area contributed by atoms with Crippen molar-refractivity contribution in [2.24, 2.45) is 0 Å². The van der Waals surface area contributed by atoms with Gasteiger partial charge in [-0.15, -0.1) is 0 Å². The Morgan fingerprint density at radius 2 is 2.08 bits per heavy atom. The van der Waals surface area contributed by atoms with Crippen molar-refractivity contribution in [3.63, 3.8) is 0 Å². The smallest absolute Gasteiger partial charge is 0.165 e. The summed E-state index contributed by atoms with van der Waals surface area (Å²) in [5.41, 5.74) is 0. The number of benzene rings is 1. The van der Waals surface area contributed by atoms with Crippen LogP contribution in [0.3, 0.4) is 0 Å². The lowest BCUT2D eigenvalue weighted by Gasteiger charge is -2.04. The summed E-state index contributed by atoms with van der Waals surface area (Å²) in [6.07, 6.45) is 0.831. The number of hydrogen-bond acceptors (Lipinski definition) is 2. The van der Waals surface area contributed by atoms with E-state index in [4.69, 9.17) is 4.74 Å². The summed E-state index contributed by atoms with van der Waals surface area (Å²) >= 11 is 4.02. The molecule has 0 spiro atoms. The number of para-hydroxylation sites is 1. The zero-order chi connectivity index (χ0) is 8.81. The number of rotatable bonds is 4. The number of thiol groups is 1. The molecule has 1 rings (SSSR count). The van der Waals surface area contributed by atoms with Gasteiger partial charge in [0.15, 0.2) is 11.6 Å². The van der Waals surface area contributed by atoms with Crippen LogP contribution in [0.25, 0.3) is 0 Å². The zero-order valence-electron chi connectivity index (χ0n) is 6.66. The van der Waals surface area contributed by atoms with Crippen LogP contribution in [0, 0.1) is 5.82 Å². The minimum Gasteiger partial charge on any atom is -0.490 e. The Bertz CT molecular complexity index is 240. The molecule has 0 radical (unpaired) electrons. The molecule has 0 bridgehead atoms. The molecule has 0 atom stereocenters. The van der Waals surface area contributed by atoms with Crippen molar-refractivity contribution >= 4 is 12.6 Å². The van der Waals surface area contributed by atoms with Gasteiger partial charge in [0.25, 0.3) is 0 Å². The van der Waals surface area contributed by atoms with Crippen LogP contribution < -0.4 is 4.74 Å². The quantitative estimate of drug-likeness (QED) is 0.561. The minimum absolute atomic E-state index is 0.309. The molecule has 0 unspecified atom stereocenters. The molecular weight excluding hydrogens is 175 g/mol. The maximum Gasteiger partial charge on any atom is 0.165 e. The summed E-state index contributed by atoms with van der Waals surface area (Å²) in [6.45, 7) is 0.518. The standard InChI is InChI=1S/C9H11FOS/c10-8-4-1-2-5-9(8)11-6-3-7-12/h1-2,4-5,12H,3,6-7H2. The molecule has 0 aliphatic rings. The van der Waals surface area contributed by atoms with Crippen LogP contribution in [-0.2, 0) is 0 Å². The normalized spacial score (nSPS) is 9.83. The SMILES string of the molecule is Fc1ccccc1OCCCS. The van der Waals surface area contributed by atoms with Crippen LogP contribution in [0.4, 0.5) is 4.39 Å². The Balaban J connectivity index is 2.46.